The topological polar surface area (TPSA) is 76.0 Å². The number of carbonyl (C=O) groups excluding carboxylic acids is 1. The van der Waals surface area contributed by atoms with Gasteiger partial charge in [0.05, 0.1) is 25.9 Å². The first-order chi connectivity index (χ1) is 14.2. The van der Waals surface area contributed by atoms with Gasteiger partial charge >= 0.3 is 0 Å². The van der Waals surface area contributed by atoms with Gasteiger partial charge in [-0.1, -0.05) is 24.3 Å². The molecule has 2 N–H and O–H groups in total. The molecule has 1 aliphatic heterocycles. The maximum absolute atomic E-state index is 12.2. The van der Waals surface area contributed by atoms with E-state index in [9.17, 15) is 4.79 Å². The Labute approximate surface area is 169 Å². The van der Waals surface area contributed by atoms with E-state index in [1.165, 1.54) is 10.9 Å². The van der Waals surface area contributed by atoms with Crippen molar-refractivity contribution in [1.82, 2.24) is 14.9 Å². The molecular formula is C22H25N3O4. The van der Waals surface area contributed by atoms with Crippen LogP contribution in [0.4, 0.5) is 0 Å². The molecule has 2 aromatic carbocycles. The highest BCUT2D eigenvalue weighted by Gasteiger charge is 2.17. The molecule has 1 amide bonds. The molecule has 29 heavy (non-hydrogen) atoms. The molecule has 0 spiro atoms. The zero-order chi connectivity index (χ0) is 20.2. The highest BCUT2D eigenvalue weighted by molar-refractivity contribution is 5.95. The Bertz CT molecular complexity index is 1010. The number of hydrogen-bond acceptors (Lipinski definition) is 5. The molecule has 7 heteroatoms. The number of para-hydroxylation sites is 1. The highest BCUT2D eigenvalue weighted by atomic mass is 16.5. The summed E-state index contributed by atoms with van der Waals surface area (Å²) in [5.74, 6) is 0.0154. The summed E-state index contributed by atoms with van der Waals surface area (Å²) in [5.41, 5.74) is 5.29. The van der Waals surface area contributed by atoms with Crippen LogP contribution in [0.5, 0.6) is 5.75 Å². The third kappa shape index (κ3) is 4.12. The zero-order valence-corrected chi connectivity index (χ0v) is 16.4. The van der Waals surface area contributed by atoms with Gasteiger partial charge in [-0.25, -0.2) is 5.48 Å². The molecule has 0 atom stereocenters. The molecule has 152 valence electrons. The monoisotopic (exact) mass is 395 g/mol. The van der Waals surface area contributed by atoms with Crippen LogP contribution >= 0.6 is 0 Å². The van der Waals surface area contributed by atoms with Gasteiger partial charge in [0.15, 0.2) is 0 Å². The molecule has 0 bridgehead atoms. The maximum atomic E-state index is 12.2. The van der Waals surface area contributed by atoms with Gasteiger partial charge in [0.1, 0.15) is 5.75 Å². The van der Waals surface area contributed by atoms with E-state index < -0.39 is 5.91 Å². The fourth-order valence-corrected chi connectivity index (χ4v) is 3.86. The Balaban J connectivity index is 1.69. The number of carbonyl (C=O) groups is 1. The van der Waals surface area contributed by atoms with Crippen LogP contribution in [0.25, 0.3) is 10.9 Å². The lowest BCUT2D eigenvalue weighted by atomic mass is 10.1. The summed E-state index contributed by atoms with van der Waals surface area (Å²) >= 11 is 0. The van der Waals surface area contributed by atoms with E-state index in [2.05, 4.69) is 27.8 Å². The van der Waals surface area contributed by atoms with Gasteiger partial charge in [0.25, 0.3) is 5.91 Å². The van der Waals surface area contributed by atoms with Crippen LogP contribution in [0.2, 0.25) is 0 Å². The number of hydrogen-bond donors (Lipinski definition) is 2. The second kappa shape index (κ2) is 8.65. The summed E-state index contributed by atoms with van der Waals surface area (Å²) in [5, 5.41) is 10.3. The molecule has 0 saturated carbocycles. The third-order valence-corrected chi connectivity index (χ3v) is 5.37. The second-order valence-corrected chi connectivity index (χ2v) is 7.15. The van der Waals surface area contributed by atoms with Gasteiger partial charge in [0, 0.05) is 43.3 Å². The molecule has 1 saturated heterocycles. The minimum atomic E-state index is -0.552. The van der Waals surface area contributed by atoms with E-state index in [0.29, 0.717) is 17.9 Å². The first kappa shape index (κ1) is 19.4. The highest BCUT2D eigenvalue weighted by Crippen LogP contribution is 2.26. The molecule has 1 fully saturated rings. The van der Waals surface area contributed by atoms with Gasteiger partial charge in [-0.15, -0.1) is 0 Å². The maximum Gasteiger partial charge on any atom is 0.275 e. The summed E-state index contributed by atoms with van der Waals surface area (Å²) in [4.78, 5) is 14.6. The summed E-state index contributed by atoms with van der Waals surface area (Å²) in [6, 6.07) is 13.6. The number of nitrogens with zero attached hydrogens (tertiary/aromatic N) is 2. The Morgan fingerprint density at radius 2 is 1.93 bits per heavy atom. The number of nitrogens with one attached hydrogen (secondary N) is 1. The number of hydroxylamine groups is 1. The molecule has 1 aliphatic rings. The number of benzene rings is 2. The van der Waals surface area contributed by atoms with Crippen molar-refractivity contribution in [3.8, 4) is 5.75 Å². The Morgan fingerprint density at radius 1 is 1.14 bits per heavy atom. The van der Waals surface area contributed by atoms with Crippen LogP contribution in [0.15, 0.2) is 48.7 Å². The molecule has 3 aromatic rings. The normalized spacial score (nSPS) is 14.8. The lowest BCUT2D eigenvalue weighted by Crippen LogP contribution is -2.35. The quantitative estimate of drug-likeness (QED) is 0.496. The molecule has 0 radical (unpaired) electrons. The van der Waals surface area contributed by atoms with Crippen molar-refractivity contribution in [2.24, 2.45) is 0 Å². The fraction of sp³-hybridized carbons (Fsp3) is 0.318. The molecule has 2 heterocycles. The average molecular weight is 395 g/mol. The number of aromatic nitrogens is 1. The summed E-state index contributed by atoms with van der Waals surface area (Å²) in [6.07, 6.45) is 2.16. The predicted octanol–water partition coefficient (Wildman–Crippen LogP) is 2.65. The third-order valence-electron chi connectivity index (χ3n) is 5.37. The van der Waals surface area contributed by atoms with E-state index in [0.717, 1.165) is 43.9 Å². The average Bonchev–Trinajstić information content (AvgIpc) is 3.11. The second-order valence-electron chi connectivity index (χ2n) is 7.15. The van der Waals surface area contributed by atoms with E-state index in [1.807, 2.05) is 24.3 Å². The fourth-order valence-electron chi connectivity index (χ4n) is 3.86. The van der Waals surface area contributed by atoms with Crippen LogP contribution in [0, 0.1) is 0 Å². The smallest absolute Gasteiger partial charge is 0.275 e. The van der Waals surface area contributed by atoms with E-state index in [1.54, 1.807) is 18.7 Å². The first-order valence-electron chi connectivity index (χ1n) is 9.68. The number of rotatable bonds is 6. The van der Waals surface area contributed by atoms with Crippen molar-refractivity contribution >= 4 is 16.8 Å². The van der Waals surface area contributed by atoms with Gasteiger partial charge in [-0.05, 0) is 29.3 Å². The van der Waals surface area contributed by atoms with Crippen molar-refractivity contribution < 1.29 is 19.5 Å². The lowest BCUT2D eigenvalue weighted by molar-refractivity contribution is 0.0343. The summed E-state index contributed by atoms with van der Waals surface area (Å²) < 4.78 is 12.8. The number of morpholine rings is 1. The standard InChI is InChI=1S/C22H25N3O4/c1-28-18-7-6-16(20(12-18)22(26)23-27)14-25-15-17(13-24-8-10-29-11-9-24)19-4-2-3-5-21(19)25/h2-7,12,15,27H,8-11,13-14H2,1H3,(H,23,26). The van der Waals surface area contributed by atoms with Crippen LogP contribution in [0.3, 0.4) is 0 Å². The molecular weight excluding hydrogens is 370 g/mol. The van der Waals surface area contributed by atoms with Crippen molar-refractivity contribution in [2.75, 3.05) is 33.4 Å². The van der Waals surface area contributed by atoms with Gasteiger partial charge in [0.2, 0.25) is 0 Å². The van der Waals surface area contributed by atoms with Gasteiger partial charge < -0.3 is 14.0 Å². The predicted molar refractivity (Wildman–Crippen MR) is 109 cm³/mol. The van der Waals surface area contributed by atoms with Gasteiger partial charge in [-0.2, -0.15) is 0 Å². The molecule has 0 aliphatic carbocycles. The lowest BCUT2D eigenvalue weighted by Gasteiger charge is -2.26. The van der Waals surface area contributed by atoms with Crippen molar-refractivity contribution in [1.29, 1.82) is 0 Å². The molecule has 7 nitrogen and oxygen atoms in total. The largest absolute Gasteiger partial charge is 0.497 e. The minimum absolute atomic E-state index is 0.388. The Hall–Kier alpha value is -2.87. The Kier molecular flexibility index (Phi) is 5.80. The minimum Gasteiger partial charge on any atom is -0.497 e. The number of amides is 1. The molecule has 4 rings (SSSR count). The van der Waals surface area contributed by atoms with Crippen LogP contribution in [-0.4, -0.2) is 54.0 Å². The number of ether oxygens (including phenoxy) is 2. The molecule has 0 unspecified atom stereocenters. The van der Waals surface area contributed by atoms with Crippen LogP contribution < -0.4 is 10.2 Å². The first-order valence-corrected chi connectivity index (χ1v) is 9.68. The van der Waals surface area contributed by atoms with Crippen molar-refractivity contribution in [3.05, 3.63) is 65.4 Å². The van der Waals surface area contributed by atoms with Crippen LogP contribution in [0.1, 0.15) is 21.5 Å². The number of methoxy groups -OCH3 is 1. The van der Waals surface area contributed by atoms with Crippen molar-refractivity contribution in [3.63, 3.8) is 0 Å². The molecule has 1 aromatic heterocycles. The van der Waals surface area contributed by atoms with E-state index in [-0.39, 0.29) is 0 Å². The van der Waals surface area contributed by atoms with E-state index >= 15 is 0 Å². The zero-order valence-electron chi connectivity index (χ0n) is 16.4. The van der Waals surface area contributed by atoms with Crippen molar-refractivity contribution in [2.45, 2.75) is 13.1 Å². The van der Waals surface area contributed by atoms with Crippen LogP contribution in [-0.2, 0) is 17.8 Å². The number of fused-ring (bicyclic) bond motifs is 1. The SMILES string of the molecule is COc1ccc(Cn2cc(CN3CCOCC3)c3ccccc32)c(C(=O)NO)c1. The summed E-state index contributed by atoms with van der Waals surface area (Å²) in [7, 11) is 1.55. The van der Waals surface area contributed by atoms with Gasteiger partial charge in [-0.3, -0.25) is 14.9 Å². The van der Waals surface area contributed by atoms with E-state index in [4.69, 9.17) is 14.7 Å². The Morgan fingerprint density at radius 3 is 2.69 bits per heavy atom. The summed E-state index contributed by atoms with van der Waals surface area (Å²) in [6.45, 7) is 4.77.